The van der Waals surface area contributed by atoms with E-state index >= 15 is 0 Å². The van der Waals surface area contributed by atoms with E-state index in [0.717, 1.165) is 34.3 Å². The van der Waals surface area contributed by atoms with Gasteiger partial charge >= 0.3 is 0 Å². The molecule has 0 spiro atoms. The van der Waals surface area contributed by atoms with E-state index < -0.39 is 0 Å². The standard InChI is InChI=1S/C24H26N6O2S/c1-2-30-21(7-10-26-30)28-23(32)20-15-33-24(27-20)16-8-11-29(12-9-16)22(31)13-17-14-25-19-6-4-3-5-18(17)19/h3-7,10,14-16,25H,2,8-9,11-13H2,1H3,(H,28,32). The number of amides is 2. The number of nitrogens with zero attached hydrogens (tertiary/aromatic N) is 4. The fourth-order valence-electron chi connectivity index (χ4n) is 4.38. The maximum atomic E-state index is 12.9. The number of aryl methyl sites for hydroxylation is 1. The Kier molecular flexibility index (Phi) is 5.95. The number of piperidine rings is 1. The summed E-state index contributed by atoms with van der Waals surface area (Å²) in [6.45, 7) is 4.08. The van der Waals surface area contributed by atoms with Crippen LogP contribution in [0.1, 0.15) is 46.7 Å². The summed E-state index contributed by atoms with van der Waals surface area (Å²) in [6.07, 6.45) is 5.72. The van der Waals surface area contributed by atoms with E-state index in [2.05, 4.69) is 20.4 Å². The van der Waals surface area contributed by atoms with Crippen LogP contribution in [-0.4, -0.2) is 49.6 Å². The Morgan fingerprint density at radius 2 is 2.03 bits per heavy atom. The largest absolute Gasteiger partial charge is 0.361 e. The van der Waals surface area contributed by atoms with Gasteiger partial charge in [-0.2, -0.15) is 5.10 Å². The van der Waals surface area contributed by atoms with Crippen molar-refractivity contribution in [1.82, 2.24) is 24.6 Å². The van der Waals surface area contributed by atoms with Gasteiger partial charge < -0.3 is 15.2 Å². The predicted octanol–water partition coefficient (Wildman–Crippen LogP) is 4.04. The monoisotopic (exact) mass is 462 g/mol. The minimum atomic E-state index is -0.223. The summed E-state index contributed by atoms with van der Waals surface area (Å²) in [5.41, 5.74) is 2.52. The van der Waals surface area contributed by atoms with Crippen LogP contribution >= 0.6 is 11.3 Å². The molecule has 1 aliphatic heterocycles. The molecule has 1 aromatic carbocycles. The van der Waals surface area contributed by atoms with Crippen LogP contribution in [0.4, 0.5) is 5.82 Å². The van der Waals surface area contributed by atoms with Crippen LogP contribution in [0.15, 0.2) is 48.1 Å². The molecule has 2 amide bonds. The van der Waals surface area contributed by atoms with Crippen molar-refractivity contribution in [3.05, 3.63) is 64.4 Å². The fraction of sp³-hybridized carbons (Fsp3) is 0.333. The lowest BCUT2D eigenvalue weighted by Crippen LogP contribution is -2.38. The van der Waals surface area contributed by atoms with E-state index in [0.29, 0.717) is 37.6 Å². The number of para-hydroxylation sites is 1. The summed E-state index contributed by atoms with van der Waals surface area (Å²) in [6, 6.07) is 9.83. The van der Waals surface area contributed by atoms with Crippen LogP contribution in [0.25, 0.3) is 10.9 Å². The molecule has 3 aromatic heterocycles. The number of anilines is 1. The minimum absolute atomic E-state index is 0.157. The number of benzene rings is 1. The zero-order valence-electron chi connectivity index (χ0n) is 18.5. The Bertz CT molecular complexity index is 1280. The van der Waals surface area contributed by atoms with Crippen LogP contribution in [0.5, 0.6) is 0 Å². The quantitative estimate of drug-likeness (QED) is 0.452. The van der Waals surface area contributed by atoms with Gasteiger partial charge in [0.15, 0.2) is 0 Å². The van der Waals surface area contributed by atoms with Gasteiger partial charge in [-0.05, 0) is 31.4 Å². The molecular weight excluding hydrogens is 436 g/mol. The van der Waals surface area contributed by atoms with Gasteiger partial charge in [-0.1, -0.05) is 18.2 Å². The number of carbonyl (C=O) groups excluding carboxylic acids is 2. The lowest BCUT2D eigenvalue weighted by atomic mass is 9.97. The number of thiazole rings is 1. The third-order valence-corrected chi connectivity index (χ3v) is 7.23. The van der Waals surface area contributed by atoms with E-state index in [1.807, 2.05) is 47.7 Å². The SMILES string of the molecule is CCn1nccc1NC(=O)c1csc(C2CCN(C(=O)Cc3c[nH]c4ccccc34)CC2)n1. The summed E-state index contributed by atoms with van der Waals surface area (Å²) in [7, 11) is 0. The second-order valence-electron chi connectivity index (χ2n) is 8.25. The molecule has 0 radical (unpaired) electrons. The van der Waals surface area contributed by atoms with Crippen molar-refractivity contribution in [2.24, 2.45) is 0 Å². The van der Waals surface area contributed by atoms with E-state index in [4.69, 9.17) is 0 Å². The number of nitrogens with one attached hydrogen (secondary N) is 2. The molecule has 1 aliphatic rings. The van der Waals surface area contributed by atoms with Crippen molar-refractivity contribution >= 4 is 39.9 Å². The molecule has 0 atom stereocenters. The van der Waals surface area contributed by atoms with Gasteiger partial charge in [-0.3, -0.25) is 9.59 Å². The normalized spacial score (nSPS) is 14.6. The average Bonchev–Trinajstić information content (AvgIpc) is 3.59. The molecule has 170 valence electrons. The van der Waals surface area contributed by atoms with Crippen molar-refractivity contribution in [1.29, 1.82) is 0 Å². The molecule has 33 heavy (non-hydrogen) atoms. The molecular formula is C24H26N6O2S. The zero-order valence-corrected chi connectivity index (χ0v) is 19.3. The van der Waals surface area contributed by atoms with Crippen molar-refractivity contribution in [3.8, 4) is 0 Å². The summed E-state index contributed by atoms with van der Waals surface area (Å²) < 4.78 is 1.73. The second kappa shape index (κ2) is 9.19. The number of hydrogen-bond acceptors (Lipinski definition) is 5. The van der Waals surface area contributed by atoms with Crippen LogP contribution in [0.3, 0.4) is 0 Å². The van der Waals surface area contributed by atoms with Gasteiger partial charge in [-0.25, -0.2) is 9.67 Å². The first-order chi connectivity index (χ1) is 16.1. The molecule has 0 unspecified atom stereocenters. The molecule has 2 N–H and O–H groups in total. The number of rotatable bonds is 6. The average molecular weight is 463 g/mol. The molecule has 0 bridgehead atoms. The third kappa shape index (κ3) is 4.41. The number of carbonyl (C=O) groups is 2. The van der Waals surface area contributed by atoms with Crippen LogP contribution in [0.2, 0.25) is 0 Å². The van der Waals surface area contributed by atoms with Crippen molar-refractivity contribution < 1.29 is 9.59 Å². The molecule has 8 nitrogen and oxygen atoms in total. The van der Waals surface area contributed by atoms with Gasteiger partial charge in [0.2, 0.25) is 5.91 Å². The third-order valence-electron chi connectivity index (χ3n) is 6.23. The second-order valence-corrected chi connectivity index (χ2v) is 9.14. The Labute approximate surface area is 195 Å². The smallest absolute Gasteiger partial charge is 0.276 e. The fourth-order valence-corrected chi connectivity index (χ4v) is 5.35. The van der Waals surface area contributed by atoms with Gasteiger partial charge in [0.05, 0.1) is 17.6 Å². The molecule has 1 saturated heterocycles. The lowest BCUT2D eigenvalue weighted by molar-refractivity contribution is -0.131. The zero-order chi connectivity index (χ0) is 22.8. The molecule has 0 aliphatic carbocycles. The lowest BCUT2D eigenvalue weighted by Gasteiger charge is -2.31. The first-order valence-corrected chi connectivity index (χ1v) is 12.1. The van der Waals surface area contributed by atoms with Crippen molar-refractivity contribution in [3.63, 3.8) is 0 Å². The molecule has 1 fully saturated rings. The van der Waals surface area contributed by atoms with E-state index in [9.17, 15) is 9.59 Å². The highest BCUT2D eigenvalue weighted by atomic mass is 32.1. The number of H-pyrrole nitrogens is 1. The molecule has 4 aromatic rings. The first kappa shape index (κ1) is 21.4. The maximum Gasteiger partial charge on any atom is 0.276 e. The van der Waals surface area contributed by atoms with E-state index in [1.165, 1.54) is 11.3 Å². The summed E-state index contributed by atoms with van der Waals surface area (Å²) in [5.74, 6) is 0.873. The predicted molar refractivity (Wildman–Crippen MR) is 129 cm³/mol. The molecule has 0 saturated carbocycles. The summed E-state index contributed by atoms with van der Waals surface area (Å²) in [5, 5.41) is 10.9. The van der Waals surface area contributed by atoms with Crippen LogP contribution in [0, 0.1) is 0 Å². The first-order valence-electron chi connectivity index (χ1n) is 11.2. The highest BCUT2D eigenvalue weighted by Gasteiger charge is 2.27. The number of fused-ring (bicyclic) bond motifs is 1. The number of hydrogen-bond donors (Lipinski definition) is 2. The minimum Gasteiger partial charge on any atom is -0.361 e. The topological polar surface area (TPSA) is 95.9 Å². The highest BCUT2D eigenvalue weighted by molar-refractivity contribution is 7.10. The van der Waals surface area contributed by atoms with Crippen LogP contribution < -0.4 is 5.32 Å². The molecule has 4 heterocycles. The van der Waals surface area contributed by atoms with E-state index in [1.54, 1.807) is 16.9 Å². The van der Waals surface area contributed by atoms with Gasteiger partial charge in [0, 0.05) is 54.1 Å². The number of likely N-dealkylation sites (tertiary alicyclic amines) is 1. The Balaban J connectivity index is 1.17. The Morgan fingerprint density at radius 3 is 2.85 bits per heavy atom. The van der Waals surface area contributed by atoms with Gasteiger partial charge in [0.1, 0.15) is 11.5 Å². The Morgan fingerprint density at radius 1 is 1.21 bits per heavy atom. The van der Waals surface area contributed by atoms with E-state index in [-0.39, 0.29) is 17.7 Å². The molecule has 5 rings (SSSR count). The van der Waals surface area contributed by atoms with Crippen molar-refractivity contribution in [2.45, 2.75) is 38.6 Å². The number of aromatic amines is 1. The van der Waals surface area contributed by atoms with Crippen molar-refractivity contribution in [2.75, 3.05) is 18.4 Å². The van der Waals surface area contributed by atoms with Gasteiger partial charge in [-0.15, -0.1) is 11.3 Å². The Hall–Kier alpha value is -3.46. The maximum absolute atomic E-state index is 12.9. The molecule has 9 heteroatoms. The van der Waals surface area contributed by atoms with Gasteiger partial charge in [0.25, 0.3) is 5.91 Å². The summed E-state index contributed by atoms with van der Waals surface area (Å²) in [4.78, 5) is 35.3. The highest BCUT2D eigenvalue weighted by Crippen LogP contribution is 2.31. The number of aromatic nitrogens is 4. The van der Waals surface area contributed by atoms with Crippen LogP contribution in [-0.2, 0) is 17.8 Å². The summed E-state index contributed by atoms with van der Waals surface area (Å²) >= 11 is 1.52.